The number of piperidine rings is 1. The summed E-state index contributed by atoms with van der Waals surface area (Å²) in [6.45, 7) is 1.77. The number of aromatic nitrogens is 1. The van der Waals surface area contributed by atoms with Crippen LogP contribution in [0.2, 0.25) is 0 Å². The van der Waals surface area contributed by atoms with E-state index in [-0.39, 0.29) is 48.6 Å². The molecular weight excluding hydrogens is 660 g/mol. The van der Waals surface area contributed by atoms with Gasteiger partial charge in [0.05, 0.1) is 23.8 Å². The van der Waals surface area contributed by atoms with Crippen molar-refractivity contribution in [2.45, 2.75) is 43.9 Å². The van der Waals surface area contributed by atoms with Crippen molar-refractivity contribution < 1.29 is 29.1 Å². The lowest BCUT2D eigenvalue weighted by atomic mass is 9.82. The molecule has 2 fully saturated rings. The molecule has 0 aliphatic carbocycles. The number of amides is 5. The minimum Gasteiger partial charge on any atom is -0.394 e. The zero-order valence-electron chi connectivity index (χ0n) is 28.1. The number of nitrogens with zero attached hydrogens (tertiary/aromatic N) is 3. The lowest BCUT2D eigenvalue weighted by Gasteiger charge is -2.39. The van der Waals surface area contributed by atoms with Gasteiger partial charge in [-0.3, -0.25) is 44.1 Å². The van der Waals surface area contributed by atoms with Crippen LogP contribution in [0.25, 0.3) is 17.2 Å². The quantitative estimate of drug-likeness (QED) is 0.157. The Morgan fingerprint density at radius 3 is 2.56 bits per heavy atom. The number of benzene rings is 3. The Labute approximate surface area is 299 Å². The van der Waals surface area contributed by atoms with Gasteiger partial charge in [0, 0.05) is 54.8 Å². The molecule has 52 heavy (non-hydrogen) atoms. The van der Waals surface area contributed by atoms with E-state index in [4.69, 9.17) is 0 Å². The molecule has 4 atom stereocenters. The van der Waals surface area contributed by atoms with Crippen LogP contribution in [0.4, 0.5) is 11.4 Å². The number of fused-ring (bicyclic) bond motifs is 4. The van der Waals surface area contributed by atoms with Crippen molar-refractivity contribution in [3.05, 3.63) is 119 Å². The van der Waals surface area contributed by atoms with Crippen LogP contribution in [0.3, 0.4) is 0 Å². The Morgan fingerprint density at radius 1 is 0.942 bits per heavy atom. The van der Waals surface area contributed by atoms with Gasteiger partial charge in [-0.15, -0.1) is 0 Å². The Hall–Kier alpha value is -5.98. The molecule has 5 amide bonds. The van der Waals surface area contributed by atoms with Gasteiger partial charge in [0.15, 0.2) is 0 Å². The Kier molecular flexibility index (Phi) is 8.69. The van der Waals surface area contributed by atoms with Crippen molar-refractivity contribution >= 4 is 47.0 Å². The van der Waals surface area contributed by atoms with Crippen LogP contribution in [0, 0.1) is 5.92 Å². The van der Waals surface area contributed by atoms with Gasteiger partial charge in [-0.05, 0) is 95.7 Å². The van der Waals surface area contributed by atoms with Crippen LogP contribution in [0.5, 0.6) is 0 Å². The van der Waals surface area contributed by atoms with Crippen LogP contribution in [-0.2, 0) is 20.9 Å². The maximum atomic E-state index is 13.4. The molecule has 12 nitrogen and oxygen atoms in total. The van der Waals surface area contributed by atoms with Crippen molar-refractivity contribution in [2.75, 3.05) is 23.8 Å². The van der Waals surface area contributed by atoms with E-state index in [0.29, 0.717) is 11.3 Å². The molecule has 4 aliphatic heterocycles. The molecule has 4 aliphatic rings. The van der Waals surface area contributed by atoms with Crippen molar-refractivity contribution in [1.82, 2.24) is 20.1 Å². The summed E-state index contributed by atoms with van der Waals surface area (Å²) in [5.41, 5.74) is 6.48. The SMILES string of the molecule is O=C(C=Cc1cccc2c1C(=O)N(C1CCC(=O)NC1=O)C2=O)Nc1cccc(-c2ccc3c(c2)[C@H]2[C@H](CCN2Cc2ccncc2)[C@@H](CO)N3)c1. The summed E-state index contributed by atoms with van der Waals surface area (Å²) < 4.78 is 0. The highest BCUT2D eigenvalue weighted by Gasteiger charge is 2.46. The smallest absolute Gasteiger partial charge is 0.262 e. The molecule has 8 rings (SSSR count). The molecule has 2 saturated heterocycles. The zero-order valence-corrected chi connectivity index (χ0v) is 28.1. The molecule has 0 saturated carbocycles. The fraction of sp³-hybridized carbons (Fsp3) is 0.250. The zero-order chi connectivity index (χ0) is 35.9. The first-order valence-corrected chi connectivity index (χ1v) is 17.4. The highest BCUT2D eigenvalue weighted by atomic mass is 16.3. The van der Waals surface area contributed by atoms with E-state index < -0.39 is 35.6 Å². The summed E-state index contributed by atoms with van der Waals surface area (Å²) in [7, 11) is 0. The Morgan fingerprint density at radius 2 is 1.75 bits per heavy atom. The predicted octanol–water partition coefficient (Wildman–Crippen LogP) is 4.15. The van der Waals surface area contributed by atoms with E-state index in [9.17, 15) is 29.1 Å². The van der Waals surface area contributed by atoms with E-state index in [1.165, 1.54) is 29.3 Å². The number of anilines is 2. The third-order valence-corrected chi connectivity index (χ3v) is 10.5. The molecule has 0 radical (unpaired) electrons. The highest BCUT2D eigenvalue weighted by Crippen LogP contribution is 2.48. The number of nitrogens with one attached hydrogen (secondary N) is 3. The van der Waals surface area contributed by atoms with Crippen molar-refractivity contribution in [1.29, 1.82) is 0 Å². The second-order valence-corrected chi connectivity index (χ2v) is 13.6. The number of aliphatic hydroxyl groups is 1. The number of aliphatic hydroxyl groups excluding tert-OH is 1. The fourth-order valence-electron chi connectivity index (χ4n) is 8.04. The number of pyridine rings is 1. The second-order valence-electron chi connectivity index (χ2n) is 13.6. The van der Waals surface area contributed by atoms with Crippen molar-refractivity contribution in [2.24, 2.45) is 5.92 Å². The lowest BCUT2D eigenvalue weighted by Crippen LogP contribution is -2.54. The van der Waals surface area contributed by atoms with Gasteiger partial charge in [0.1, 0.15) is 6.04 Å². The minimum atomic E-state index is -1.08. The number of imide groups is 2. The minimum absolute atomic E-state index is 0.0270. The van der Waals surface area contributed by atoms with Gasteiger partial charge in [-0.2, -0.15) is 0 Å². The van der Waals surface area contributed by atoms with Crippen LogP contribution in [0.15, 0.2) is 91.3 Å². The van der Waals surface area contributed by atoms with E-state index in [0.717, 1.165) is 41.2 Å². The summed E-state index contributed by atoms with van der Waals surface area (Å²) in [4.78, 5) is 71.4. The average Bonchev–Trinajstić information content (AvgIpc) is 3.69. The van der Waals surface area contributed by atoms with Crippen LogP contribution < -0.4 is 16.0 Å². The standard InChI is InChI=1S/C40H36N6O6/c47-22-32-28-15-18-45(21-23-13-16-41-17-14-23)37(28)30-20-26(7-9-31(30)43-32)25-4-1-5-27(19-25)42-34(48)11-8-24-3-2-6-29-36(24)40(52)46(39(29)51)33-10-12-35(49)44-38(33)50/h1-9,11,13-14,16-17,19-20,28,32-33,37,43,47H,10,12,15,18,21-22H2,(H,42,48)(H,44,49,50)/t28-,32-,33?,37-/m1/s1. The number of hydrogen-bond acceptors (Lipinski definition) is 9. The molecular formula is C40H36N6O6. The molecule has 1 aromatic heterocycles. The van der Waals surface area contributed by atoms with Gasteiger partial charge < -0.3 is 15.7 Å². The van der Waals surface area contributed by atoms with Gasteiger partial charge in [0.2, 0.25) is 17.7 Å². The third kappa shape index (κ3) is 6.05. The second kappa shape index (κ2) is 13.6. The number of carbonyl (C=O) groups is 5. The van der Waals surface area contributed by atoms with Gasteiger partial charge in [-0.1, -0.05) is 30.3 Å². The Balaban J connectivity index is 1.000. The van der Waals surface area contributed by atoms with E-state index >= 15 is 0 Å². The first-order valence-electron chi connectivity index (χ1n) is 17.4. The number of carbonyl (C=O) groups excluding carboxylic acids is 5. The molecule has 12 heteroatoms. The predicted molar refractivity (Wildman–Crippen MR) is 193 cm³/mol. The molecule has 4 N–H and O–H groups in total. The van der Waals surface area contributed by atoms with Crippen LogP contribution in [-0.4, -0.2) is 74.7 Å². The largest absolute Gasteiger partial charge is 0.394 e. The van der Waals surface area contributed by atoms with Crippen LogP contribution in [0.1, 0.15) is 62.7 Å². The molecule has 262 valence electrons. The first kappa shape index (κ1) is 33.2. The fourth-order valence-corrected chi connectivity index (χ4v) is 8.04. The summed E-state index contributed by atoms with van der Waals surface area (Å²) >= 11 is 0. The summed E-state index contributed by atoms with van der Waals surface area (Å²) in [5, 5.41) is 18.9. The van der Waals surface area contributed by atoms with Crippen molar-refractivity contribution in [3.8, 4) is 11.1 Å². The molecule has 0 bridgehead atoms. The topological polar surface area (TPSA) is 161 Å². The average molecular weight is 697 g/mol. The van der Waals surface area contributed by atoms with E-state index in [1.54, 1.807) is 18.2 Å². The summed E-state index contributed by atoms with van der Waals surface area (Å²) in [6, 6.07) is 21.7. The maximum absolute atomic E-state index is 13.4. The number of likely N-dealkylation sites (tertiary alicyclic amines) is 1. The monoisotopic (exact) mass is 696 g/mol. The third-order valence-electron chi connectivity index (χ3n) is 10.5. The highest BCUT2D eigenvalue weighted by molar-refractivity contribution is 6.24. The van der Waals surface area contributed by atoms with Crippen molar-refractivity contribution in [3.63, 3.8) is 0 Å². The molecule has 3 aromatic carbocycles. The summed E-state index contributed by atoms with van der Waals surface area (Å²) in [5.74, 6) is -2.55. The van der Waals surface area contributed by atoms with Gasteiger partial charge in [-0.25, -0.2) is 0 Å². The molecule has 5 heterocycles. The first-order chi connectivity index (χ1) is 25.3. The normalized spacial score (nSPS) is 22.5. The molecule has 4 aromatic rings. The summed E-state index contributed by atoms with van der Waals surface area (Å²) in [6.07, 6.45) is 7.45. The van der Waals surface area contributed by atoms with Gasteiger partial charge in [0.25, 0.3) is 11.8 Å². The lowest BCUT2D eigenvalue weighted by molar-refractivity contribution is -0.136. The number of hydrogen-bond donors (Lipinski definition) is 4. The Bertz CT molecular complexity index is 2150. The van der Waals surface area contributed by atoms with Crippen LogP contribution >= 0.6 is 0 Å². The maximum Gasteiger partial charge on any atom is 0.262 e. The van der Waals surface area contributed by atoms with Gasteiger partial charge >= 0.3 is 0 Å². The number of rotatable bonds is 8. The van der Waals surface area contributed by atoms with E-state index in [2.05, 4.69) is 38.0 Å². The molecule has 1 unspecified atom stereocenters. The molecule has 0 spiro atoms. The van der Waals surface area contributed by atoms with E-state index in [1.807, 2.05) is 48.8 Å².